The van der Waals surface area contributed by atoms with Crippen molar-refractivity contribution in [3.63, 3.8) is 0 Å². The first kappa shape index (κ1) is 25.9. The number of nitrogens with zero attached hydrogens (tertiary/aromatic N) is 2. The first-order chi connectivity index (χ1) is 17.0. The maximum Gasteiger partial charge on any atom is 0.417 e. The fourth-order valence-electron chi connectivity index (χ4n) is 4.24. The highest BCUT2D eigenvalue weighted by molar-refractivity contribution is 6.04. The summed E-state index contributed by atoms with van der Waals surface area (Å²) in [5.41, 5.74) is -1.46. The number of carbonyl (C=O) groups is 2. The molecule has 1 aromatic carbocycles. The molecule has 1 aliphatic heterocycles. The minimum atomic E-state index is -4.76. The van der Waals surface area contributed by atoms with Crippen LogP contribution in [0.5, 0.6) is 0 Å². The second kappa shape index (κ2) is 10.4. The van der Waals surface area contributed by atoms with Gasteiger partial charge in [-0.3, -0.25) is 9.59 Å². The average Bonchev–Trinajstić information content (AvgIpc) is 3.67. The van der Waals surface area contributed by atoms with Gasteiger partial charge in [0.15, 0.2) is 0 Å². The standard InChI is InChI=1S/C25H29F4N5O2/c1-14(25(27,28)29)22-16-4-3-5-19(32-20-8-11-34(2)13-18(20)26)17(16)12-21(33-22)24(36)31-10-9-30-23(35)15-6-7-15/h3-5,12,15,18,20,32H,1,6-11,13H2,2H3,(H,30,35)(H,31,36)/t18-,20+/m0/s1. The molecule has 36 heavy (non-hydrogen) atoms. The molecular formula is C25H29F4N5O2. The van der Waals surface area contributed by atoms with Gasteiger partial charge >= 0.3 is 6.18 Å². The number of likely N-dealkylation sites (tertiary alicyclic amines) is 1. The van der Waals surface area contributed by atoms with E-state index in [9.17, 15) is 27.2 Å². The molecule has 1 aromatic heterocycles. The quantitative estimate of drug-likeness (QED) is 0.376. The second-order valence-electron chi connectivity index (χ2n) is 9.37. The van der Waals surface area contributed by atoms with Crippen LogP contribution in [0.15, 0.2) is 30.8 Å². The topological polar surface area (TPSA) is 86.4 Å². The summed E-state index contributed by atoms with van der Waals surface area (Å²) in [7, 11) is 1.82. The number of halogens is 4. The largest absolute Gasteiger partial charge is 0.417 e. The van der Waals surface area contributed by atoms with Gasteiger partial charge in [0.25, 0.3) is 5.91 Å². The van der Waals surface area contributed by atoms with E-state index in [2.05, 4.69) is 27.5 Å². The number of hydrogen-bond acceptors (Lipinski definition) is 5. The highest BCUT2D eigenvalue weighted by Crippen LogP contribution is 2.37. The minimum Gasteiger partial charge on any atom is -0.379 e. The Morgan fingerprint density at radius 3 is 2.53 bits per heavy atom. The van der Waals surface area contributed by atoms with Gasteiger partial charge in [-0.2, -0.15) is 13.2 Å². The van der Waals surface area contributed by atoms with Crippen molar-refractivity contribution in [3.8, 4) is 0 Å². The fourth-order valence-corrected chi connectivity index (χ4v) is 4.24. The van der Waals surface area contributed by atoms with Gasteiger partial charge < -0.3 is 20.9 Å². The maximum atomic E-state index is 14.7. The molecule has 7 nitrogen and oxygen atoms in total. The molecule has 2 amide bonds. The fraction of sp³-hybridized carbons (Fsp3) is 0.480. The number of fused-ring (bicyclic) bond motifs is 1. The van der Waals surface area contributed by atoms with Crippen LogP contribution in [0.25, 0.3) is 16.3 Å². The van der Waals surface area contributed by atoms with E-state index < -0.39 is 35.6 Å². The summed E-state index contributed by atoms with van der Waals surface area (Å²) in [4.78, 5) is 30.4. The first-order valence-corrected chi connectivity index (χ1v) is 11.9. The van der Waals surface area contributed by atoms with E-state index in [0.717, 1.165) is 12.8 Å². The highest BCUT2D eigenvalue weighted by Gasteiger charge is 2.36. The van der Waals surface area contributed by atoms with Crippen LogP contribution in [0.4, 0.5) is 23.2 Å². The summed E-state index contributed by atoms with van der Waals surface area (Å²) in [6.45, 7) is 4.37. The molecule has 2 aliphatic rings. The molecule has 1 aliphatic carbocycles. The molecule has 2 heterocycles. The van der Waals surface area contributed by atoms with Gasteiger partial charge in [0.05, 0.1) is 17.3 Å². The molecule has 1 saturated heterocycles. The Labute approximate surface area is 206 Å². The van der Waals surface area contributed by atoms with Crippen LogP contribution in [0.2, 0.25) is 0 Å². The van der Waals surface area contributed by atoms with Crippen LogP contribution >= 0.6 is 0 Å². The number of piperidine rings is 1. The van der Waals surface area contributed by atoms with Crippen molar-refractivity contribution in [3.05, 3.63) is 42.2 Å². The predicted molar refractivity (Wildman–Crippen MR) is 129 cm³/mol. The van der Waals surface area contributed by atoms with E-state index in [4.69, 9.17) is 0 Å². The molecule has 2 aromatic rings. The zero-order valence-electron chi connectivity index (χ0n) is 19.9. The highest BCUT2D eigenvalue weighted by atomic mass is 19.4. The lowest BCUT2D eigenvalue weighted by atomic mass is 9.99. The number of benzene rings is 1. The van der Waals surface area contributed by atoms with E-state index in [-0.39, 0.29) is 42.5 Å². The molecule has 0 spiro atoms. The number of nitrogens with one attached hydrogen (secondary N) is 3. The molecule has 2 atom stereocenters. The summed E-state index contributed by atoms with van der Waals surface area (Å²) < 4.78 is 55.5. The molecule has 1 saturated carbocycles. The van der Waals surface area contributed by atoms with Crippen molar-refractivity contribution in [1.82, 2.24) is 20.5 Å². The van der Waals surface area contributed by atoms with Gasteiger partial charge in [-0.05, 0) is 38.4 Å². The van der Waals surface area contributed by atoms with E-state index in [1.54, 1.807) is 12.1 Å². The molecule has 11 heteroatoms. The number of alkyl halides is 4. The molecule has 3 N–H and O–H groups in total. The van der Waals surface area contributed by atoms with Crippen LogP contribution in [-0.4, -0.2) is 73.3 Å². The monoisotopic (exact) mass is 507 g/mol. The van der Waals surface area contributed by atoms with Gasteiger partial charge in [0.1, 0.15) is 11.9 Å². The normalized spacial score (nSPS) is 20.7. The van der Waals surface area contributed by atoms with Crippen molar-refractivity contribution in [1.29, 1.82) is 0 Å². The molecule has 0 radical (unpaired) electrons. The van der Waals surface area contributed by atoms with E-state index in [0.29, 0.717) is 24.0 Å². The summed E-state index contributed by atoms with van der Waals surface area (Å²) >= 11 is 0. The van der Waals surface area contributed by atoms with Crippen LogP contribution < -0.4 is 16.0 Å². The summed E-state index contributed by atoms with van der Waals surface area (Å²) in [6.07, 6.45) is -3.71. The number of pyridine rings is 1. The average molecular weight is 508 g/mol. The van der Waals surface area contributed by atoms with E-state index >= 15 is 0 Å². The zero-order chi connectivity index (χ0) is 26.0. The molecule has 0 bridgehead atoms. The summed E-state index contributed by atoms with van der Waals surface area (Å²) in [5.74, 6) is -0.739. The Hall–Kier alpha value is -3.21. The molecule has 2 fully saturated rings. The number of hydrogen-bond donors (Lipinski definition) is 3. The summed E-state index contributed by atoms with van der Waals surface area (Å²) in [6, 6.07) is 5.54. The lowest BCUT2D eigenvalue weighted by molar-refractivity contribution is -0.122. The molecule has 0 unspecified atom stereocenters. The molecular weight excluding hydrogens is 478 g/mol. The number of carbonyl (C=O) groups excluding carboxylic acids is 2. The number of allylic oxidation sites excluding steroid dienone is 1. The third kappa shape index (κ3) is 5.95. The first-order valence-electron chi connectivity index (χ1n) is 11.9. The summed E-state index contributed by atoms with van der Waals surface area (Å²) in [5, 5.41) is 8.88. The Bertz CT molecular complexity index is 1170. The Balaban J connectivity index is 1.62. The Kier molecular flexibility index (Phi) is 7.49. The van der Waals surface area contributed by atoms with Crippen molar-refractivity contribution in [2.45, 2.75) is 37.7 Å². The Morgan fingerprint density at radius 1 is 1.14 bits per heavy atom. The number of anilines is 1. The number of amides is 2. The van der Waals surface area contributed by atoms with Crippen LogP contribution in [0, 0.1) is 5.92 Å². The van der Waals surface area contributed by atoms with Gasteiger partial charge in [-0.25, -0.2) is 9.37 Å². The van der Waals surface area contributed by atoms with Crippen molar-refractivity contribution < 1.29 is 27.2 Å². The van der Waals surface area contributed by atoms with Crippen molar-refractivity contribution in [2.75, 3.05) is 38.5 Å². The maximum absolute atomic E-state index is 14.7. The predicted octanol–water partition coefficient (Wildman–Crippen LogP) is 3.52. The van der Waals surface area contributed by atoms with Crippen LogP contribution in [0.3, 0.4) is 0 Å². The van der Waals surface area contributed by atoms with Crippen LogP contribution in [-0.2, 0) is 4.79 Å². The van der Waals surface area contributed by atoms with Gasteiger partial charge in [0.2, 0.25) is 5.91 Å². The molecule has 194 valence electrons. The lowest BCUT2D eigenvalue weighted by Gasteiger charge is -2.33. The van der Waals surface area contributed by atoms with Crippen molar-refractivity contribution >= 4 is 33.8 Å². The third-order valence-corrected chi connectivity index (χ3v) is 6.48. The van der Waals surface area contributed by atoms with Crippen molar-refractivity contribution in [2.24, 2.45) is 5.92 Å². The third-order valence-electron chi connectivity index (χ3n) is 6.48. The lowest BCUT2D eigenvalue weighted by Crippen LogP contribution is -2.46. The van der Waals surface area contributed by atoms with Gasteiger partial charge in [-0.1, -0.05) is 18.7 Å². The molecule has 4 rings (SSSR count). The van der Waals surface area contributed by atoms with Gasteiger partial charge in [-0.15, -0.1) is 0 Å². The number of aromatic nitrogens is 1. The van der Waals surface area contributed by atoms with E-state index in [1.807, 2.05) is 11.9 Å². The SMILES string of the molecule is C=C(c1nc(C(=O)NCCNC(=O)C2CC2)cc2c(N[C@@H]3CCN(C)C[C@@H]3F)cccc12)C(F)(F)F. The second-order valence-corrected chi connectivity index (χ2v) is 9.37. The van der Waals surface area contributed by atoms with Crippen LogP contribution in [0.1, 0.15) is 35.4 Å². The minimum absolute atomic E-state index is 0.0261. The smallest absolute Gasteiger partial charge is 0.379 e. The number of rotatable bonds is 8. The van der Waals surface area contributed by atoms with Gasteiger partial charge in [0, 0.05) is 48.6 Å². The van der Waals surface area contributed by atoms with E-state index in [1.165, 1.54) is 12.1 Å². The zero-order valence-corrected chi connectivity index (χ0v) is 19.9. The Morgan fingerprint density at radius 2 is 1.86 bits per heavy atom.